The summed E-state index contributed by atoms with van der Waals surface area (Å²) < 4.78 is 5.31. The maximum atomic E-state index is 12.7. The first kappa shape index (κ1) is 18.6. The Bertz CT molecular complexity index is 1030. The second-order valence-electron chi connectivity index (χ2n) is 6.63. The molecule has 1 aliphatic heterocycles. The monoisotopic (exact) mass is 392 g/mol. The molecule has 0 atom stereocenters. The van der Waals surface area contributed by atoms with Gasteiger partial charge in [0.1, 0.15) is 5.75 Å². The Labute approximate surface area is 167 Å². The van der Waals surface area contributed by atoms with Gasteiger partial charge >= 0.3 is 0 Å². The van der Waals surface area contributed by atoms with Gasteiger partial charge in [-0.25, -0.2) is 0 Å². The van der Waals surface area contributed by atoms with E-state index in [0.29, 0.717) is 37.3 Å². The largest absolute Gasteiger partial charge is 0.496 e. The highest BCUT2D eigenvalue weighted by Crippen LogP contribution is 2.22. The van der Waals surface area contributed by atoms with Crippen LogP contribution in [0, 0.1) is 0 Å². The third-order valence-corrected chi connectivity index (χ3v) is 4.90. The number of aromatic nitrogens is 4. The summed E-state index contributed by atoms with van der Waals surface area (Å²) in [5.41, 5.74) is 3.36. The van der Waals surface area contributed by atoms with Gasteiger partial charge in [0.2, 0.25) is 0 Å². The third-order valence-electron chi connectivity index (χ3n) is 4.90. The van der Waals surface area contributed by atoms with Crippen LogP contribution in [0.5, 0.6) is 5.75 Å². The summed E-state index contributed by atoms with van der Waals surface area (Å²) in [6.07, 6.45) is 3.48. The summed E-state index contributed by atoms with van der Waals surface area (Å²) >= 11 is 0. The first-order chi connectivity index (χ1) is 14.2. The number of fused-ring (bicyclic) bond motifs is 1. The summed E-state index contributed by atoms with van der Waals surface area (Å²) in [4.78, 5) is 27.0. The predicted octanol–water partition coefficient (Wildman–Crippen LogP) is 1.34. The van der Waals surface area contributed by atoms with Crippen LogP contribution in [-0.4, -0.2) is 50.8 Å². The lowest BCUT2D eigenvalue weighted by atomic mass is 10.0. The zero-order chi connectivity index (χ0) is 20.2. The number of hydrogen-bond donors (Lipinski definition) is 2. The van der Waals surface area contributed by atoms with Crippen LogP contribution in [0.4, 0.5) is 0 Å². The van der Waals surface area contributed by atoms with E-state index in [4.69, 9.17) is 4.74 Å². The summed E-state index contributed by atoms with van der Waals surface area (Å²) in [5, 5.41) is 17.4. The van der Waals surface area contributed by atoms with Crippen LogP contribution in [-0.2, 0) is 19.5 Å². The molecule has 4 rings (SSSR count). The average molecular weight is 392 g/mol. The van der Waals surface area contributed by atoms with Crippen molar-refractivity contribution >= 4 is 11.8 Å². The van der Waals surface area contributed by atoms with Gasteiger partial charge in [0.05, 0.1) is 37.3 Å². The van der Waals surface area contributed by atoms with Crippen molar-refractivity contribution in [3.8, 4) is 5.75 Å². The molecule has 1 aromatic carbocycles. The van der Waals surface area contributed by atoms with Crippen molar-refractivity contribution in [2.24, 2.45) is 0 Å². The molecule has 0 aliphatic carbocycles. The van der Waals surface area contributed by atoms with Crippen molar-refractivity contribution in [1.82, 2.24) is 30.6 Å². The minimum Gasteiger partial charge on any atom is -0.496 e. The topological polar surface area (TPSA) is 113 Å². The van der Waals surface area contributed by atoms with Gasteiger partial charge in [0.15, 0.2) is 5.69 Å². The van der Waals surface area contributed by atoms with Gasteiger partial charge < -0.3 is 15.0 Å². The zero-order valence-corrected chi connectivity index (χ0v) is 15.9. The first-order valence-electron chi connectivity index (χ1n) is 9.19. The van der Waals surface area contributed by atoms with Gasteiger partial charge in [-0.05, 0) is 18.6 Å². The molecule has 9 nitrogen and oxygen atoms in total. The maximum absolute atomic E-state index is 12.7. The van der Waals surface area contributed by atoms with Gasteiger partial charge in [-0.15, -0.1) is 0 Å². The Morgan fingerprint density at radius 1 is 1.24 bits per heavy atom. The Morgan fingerprint density at radius 2 is 2.10 bits per heavy atom. The lowest BCUT2D eigenvalue weighted by Gasteiger charge is -2.26. The summed E-state index contributed by atoms with van der Waals surface area (Å²) in [6.45, 7) is 1.20. The highest BCUT2D eigenvalue weighted by atomic mass is 16.5. The first-order valence-corrected chi connectivity index (χ1v) is 9.19. The van der Waals surface area contributed by atoms with Crippen molar-refractivity contribution in [2.45, 2.75) is 19.5 Å². The highest BCUT2D eigenvalue weighted by Gasteiger charge is 2.28. The number of nitrogens with one attached hydrogen (secondary N) is 2. The van der Waals surface area contributed by atoms with Crippen LogP contribution in [0.3, 0.4) is 0 Å². The molecule has 0 spiro atoms. The number of nitrogens with zero attached hydrogens (tertiary/aromatic N) is 4. The molecule has 2 aromatic heterocycles. The van der Waals surface area contributed by atoms with Crippen molar-refractivity contribution < 1.29 is 14.3 Å². The average Bonchev–Trinajstić information content (AvgIpc) is 3.21. The second kappa shape index (κ2) is 8.09. The van der Waals surface area contributed by atoms with Crippen LogP contribution in [0.2, 0.25) is 0 Å². The molecule has 3 heterocycles. The van der Waals surface area contributed by atoms with E-state index < -0.39 is 0 Å². The number of carbonyl (C=O) groups is 2. The fourth-order valence-electron chi connectivity index (χ4n) is 3.39. The van der Waals surface area contributed by atoms with E-state index in [0.717, 1.165) is 22.6 Å². The minimum absolute atomic E-state index is 0.123. The molecule has 0 unspecified atom stereocenters. The molecule has 3 aromatic rings. The quantitative estimate of drug-likeness (QED) is 0.677. The lowest BCUT2D eigenvalue weighted by Crippen LogP contribution is -2.36. The van der Waals surface area contributed by atoms with E-state index in [1.165, 1.54) is 12.4 Å². The molecule has 29 heavy (non-hydrogen) atoms. The van der Waals surface area contributed by atoms with Gasteiger partial charge in [0, 0.05) is 24.2 Å². The number of benzene rings is 1. The number of carbonyl (C=O) groups excluding carboxylic acids is 2. The van der Waals surface area contributed by atoms with Crippen molar-refractivity contribution in [3.63, 3.8) is 0 Å². The van der Waals surface area contributed by atoms with Gasteiger partial charge in [-0.3, -0.25) is 14.7 Å². The molecule has 2 N–H and O–H groups in total. The number of methoxy groups -OCH3 is 1. The summed E-state index contributed by atoms with van der Waals surface area (Å²) in [6, 6.07) is 9.15. The van der Waals surface area contributed by atoms with E-state index in [9.17, 15) is 9.59 Å². The minimum atomic E-state index is -0.258. The Hall–Kier alpha value is -3.75. The van der Waals surface area contributed by atoms with Crippen molar-refractivity contribution in [3.05, 3.63) is 70.8 Å². The Kier molecular flexibility index (Phi) is 5.19. The van der Waals surface area contributed by atoms with Gasteiger partial charge in [-0.2, -0.15) is 15.3 Å². The molecule has 1 aliphatic rings. The predicted molar refractivity (Wildman–Crippen MR) is 103 cm³/mol. The van der Waals surface area contributed by atoms with E-state index in [2.05, 4.69) is 25.7 Å². The molecule has 9 heteroatoms. The molecular formula is C20H20N6O3. The third kappa shape index (κ3) is 3.79. The van der Waals surface area contributed by atoms with Gasteiger partial charge in [-0.1, -0.05) is 18.2 Å². The number of rotatable bonds is 5. The highest BCUT2D eigenvalue weighted by molar-refractivity contribution is 5.95. The van der Waals surface area contributed by atoms with E-state index >= 15 is 0 Å². The number of amides is 2. The maximum Gasteiger partial charge on any atom is 0.272 e. The SMILES string of the molecule is COc1ccccc1CNC(=O)c1n[nH]c2c1CCN(C(=O)c1ccnnc1)C2. The number of para-hydroxylation sites is 1. The van der Waals surface area contributed by atoms with Crippen molar-refractivity contribution in [1.29, 1.82) is 0 Å². The van der Waals surface area contributed by atoms with Crippen LogP contribution in [0.15, 0.2) is 42.7 Å². The van der Waals surface area contributed by atoms with Crippen LogP contribution < -0.4 is 10.1 Å². The molecular weight excluding hydrogens is 372 g/mol. The van der Waals surface area contributed by atoms with Crippen LogP contribution >= 0.6 is 0 Å². The molecule has 0 fully saturated rings. The zero-order valence-electron chi connectivity index (χ0n) is 15.9. The fourth-order valence-corrected chi connectivity index (χ4v) is 3.39. The summed E-state index contributed by atoms with van der Waals surface area (Å²) in [7, 11) is 1.60. The number of H-pyrrole nitrogens is 1. The van der Waals surface area contributed by atoms with Crippen LogP contribution in [0.25, 0.3) is 0 Å². The standard InChI is InChI=1S/C20H20N6O3/c1-29-17-5-3-2-4-13(17)10-21-19(27)18-15-7-9-26(12-16(15)24-25-18)20(28)14-6-8-22-23-11-14/h2-6,8,11H,7,9-10,12H2,1H3,(H,21,27)(H,24,25). The molecule has 0 radical (unpaired) electrons. The number of ether oxygens (including phenoxy) is 1. The molecule has 0 saturated heterocycles. The van der Waals surface area contributed by atoms with E-state index in [1.54, 1.807) is 18.1 Å². The van der Waals surface area contributed by atoms with E-state index in [1.807, 2.05) is 24.3 Å². The smallest absolute Gasteiger partial charge is 0.272 e. The van der Waals surface area contributed by atoms with E-state index in [-0.39, 0.29) is 11.8 Å². The van der Waals surface area contributed by atoms with Crippen molar-refractivity contribution in [2.75, 3.05) is 13.7 Å². The molecule has 148 valence electrons. The molecule has 0 saturated carbocycles. The number of aromatic amines is 1. The summed E-state index contributed by atoms with van der Waals surface area (Å²) in [5.74, 6) is 0.338. The number of hydrogen-bond acceptors (Lipinski definition) is 6. The second-order valence-corrected chi connectivity index (χ2v) is 6.63. The molecule has 2 amide bonds. The van der Waals surface area contributed by atoms with Gasteiger partial charge in [0.25, 0.3) is 11.8 Å². The normalized spacial score (nSPS) is 12.9. The fraction of sp³-hybridized carbons (Fsp3) is 0.250. The van der Waals surface area contributed by atoms with Crippen LogP contribution in [0.1, 0.15) is 37.7 Å². The Balaban J connectivity index is 1.44. The Morgan fingerprint density at radius 3 is 2.90 bits per heavy atom. The molecule has 0 bridgehead atoms. The lowest BCUT2D eigenvalue weighted by molar-refractivity contribution is 0.0732.